The maximum absolute atomic E-state index is 4.88. The van der Waals surface area contributed by atoms with E-state index < -0.39 is 0 Å². The van der Waals surface area contributed by atoms with E-state index in [0.717, 1.165) is 12.2 Å². The number of hydrogen-bond acceptors (Lipinski definition) is 3. The van der Waals surface area contributed by atoms with Gasteiger partial charge >= 0.3 is 0 Å². The second-order valence-electron chi connectivity index (χ2n) is 1.62. The largest absolute Gasteiger partial charge is 0.439 e. The molecular formula is C5H7BrN2O. The van der Waals surface area contributed by atoms with Gasteiger partial charge in [-0.3, -0.25) is 0 Å². The molecule has 1 aromatic rings. The number of nitrogens with zero attached hydrogens (tertiary/aromatic N) is 1. The van der Waals surface area contributed by atoms with Gasteiger partial charge in [0.25, 0.3) is 4.80 Å². The summed E-state index contributed by atoms with van der Waals surface area (Å²) in [6.07, 6.45) is 1.61. The monoisotopic (exact) mass is 190 g/mol. The highest BCUT2D eigenvalue weighted by molar-refractivity contribution is 9.10. The van der Waals surface area contributed by atoms with Crippen molar-refractivity contribution in [1.29, 1.82) is 0 Å². The lowest BCUT2D eigenvalue weighted by Gasteiger charge is -1.87. The number of hydrogen-bond donors (Lipinski definition) is 1. The van der Waals surface area contributed by atoms with E-state index in [1.54, 1.807) is 6.26 Å². The van der Waals surface area contributed by atoms with Crippen LogP contribution < -0.4 is 5.32 Å². The maximum atomic E-state index is 4.88. The Kier molecular flexibility index (Phi) is 2.24. The summed E-state index contributed by atoms with van der Waals surface area (Å²) >= 11 is 3.10. The molecule has 1 heterocycles. The molecule has 0 aliphatic heterocycles. The summed E-state index contributed by atoms with van der Waals surface area (Å²) in [5.74, 6) is 0. The molecule has 4 heteroatoms. The van der Waals surface area contributed by atoms with E-state index >= 15 is 0 Å². The molecule has 0 aliphatic carbocycles. The van der Waals surface area contributed by atoms with E-state index in [-0.39, 0.29) is 0 Å². The highest BCUT2D eigenvalue weighted by Crippen LogP contribution is 2.07. The van der Waals surface area contributed by atoms with Gasteiger partial charge in [-0.2, -0.15) is 0 Å². The Morgan fingerprint density at radius 2 is 2.67 bits per heavy atom. The van der Waals surface area contributed by atoms with Crippen LogP contribution in [-0.2, 0) is 6.54 Å². The smallest absolute Gasteiger partial charge is 0.264 e. The van der Waals surface area contributed by atoms with Gasteiger partial charge in [-0.1, -0.05) is 0 Å². The number of aromatic nitrogens is 1. The Morgan fingerprint density at radius 1 is 1.89 bits per heavy atom. The van der Waals surface area contributed by atoms with Gasteiger partial charge in [0, 0.05) is 22.5 Å². The van der Waals surface area contributed by atoms with Crippen LogP contribution in [0.3, 0.4) is 0 Å². The van der Waals surface area contributed by atoms with Crippen molar-refractivity contribution in [3.63, 3.8) is 0 Å². The molecule has 0 atom stereocenters. The normalized spacial score (nSPS) is 10.0. The van der Waals surface area contributed by atoms with Crippen molar-refractivity contribution in [3.8, 4) is 0 Å². The fraction of sp³-hybridized carbons (Fsp3) is 0.400. The molecule has 50 valence electrons. The summed E-state index contributed by atoms with van der Waals surface area (Å²) in [6, 6.07) is 0. The van der Waals surface area contributed by atoms with Gasteiger partial charge in [0.1, 0.15) is 6.26 Å². The van der Waals surface area contributed by atoms with Gasteiger partial charge in [-0.25, -0.2) is 4.98 Å². The molecule has 0 fully saturated rings. The van der Waals surface area contributed by atoms with E-state index in [1.807, 2.05) is 7.05 Å². The van der Waals surface area contributed by atoms with Crippen molar-refractivity contribution in [2.24, 2.45) is 0 Å². The van der Waals surface area contributed by atoms with Gasteiger partial charge < -0.3 is 9.73 Å². The van der Waals surface area contributed by atoms with Crippen LogP contribution in [0.4, 0.5) is 0 Å². The first kappa shape index (κ1) is 6.77. The third kappa shape index (κ3) is 1.80. The molecule has 3 nitrogen and oxygen atoms in total. The molecule has 0 amide bonds. The highest BCUT2D eigenvalue weighted by Gasteiger charge is 1.96. The lowest BCUT2D eigenvalue weighted by molar-refractivity contribution is 0.527. The Bertz CT molecular complexity index is 187. The third-order valence-electron chi connectivity index (χ3n) is 0.882. The average molecular weight is 191 g/mol. The second kappa shape index (κ2) is 2.98. The van der Waals surface area contributed by atoms with E-state index in [2.05, 4.69) is 26.2 Å². The predicted octanol–water partition coefficient (Wildman–Crippen LogP) is 1.16. The molecule has 1 N–H and O–H groups in total. The van der Waals surface area contributed by atoms with Gasteiger partial charge in [0.05, 0.1) is 5.69 Å². The quantitative estimate of drug-likeness (QED) is 0.761. The first-order valence-electron chi connectivity index (χ1n) is 2.57. The zero-order valence-corrected chi connectivity index (χ0v) is 6.60. The summed E-state index contributed by atoms with van der Waals surface area (Å²) in [4.78, 5) is 4.52. The minimum Gasteiger partial charge on any atom is -0.439 e. The Hall–Kier alpha value is -0.350. The number of halogens is 1. The Balaban J connectivity index is 2.61. The van der Waals surface area contributed by atoms with Crippen molar-refractivity contribution < 1.29 is 4.42 Å². The Morgan fingerprint density at radius 3 is 3.11 bits per heavy atom. The summed E-state index contributed by atoms with van der Waals surface area (Å²) < 4.78 is 4.88. The van der Waals surface area contributed by atoms with E-state index in [0.29, 0.717) is 4.80 Å². The first-order chi connectivity index (χ1) is 4.33. The van der Waals surface area contributed by atoms with Crippen LogP contribution in [0, 0.1) is 0 Å². The van der Waals surface area contributed by atoms with Crippen LogP contribution in [0.15, 0.2) is 15.5 Å². The summed E-state index contributed by atoms with van der Waals surface area (Å²) in [6.45, 7) is 0.745. The minimum atomic E-state index is 0.535. The lowest BCUT2D eigenvalue weighted by Crippen LogP contribution is -2.04. The van der Waals surface area contributed by atoms with Crippen LogP contribution in [0.2, 0.25) is 0 Å². The molecule has 0 aliphatic rings. The van der Waals surface area contributed by atoms with Gasteiger partial charge in [-0.05, 0) is 7.05 Å². The van der Waals surface area contributed by atoms with Crippen LogP contribution in [0.25, 0.3) is 0 Å². The van der Waals surface area contributed by atoms with Crippen molar-refractivity contribution in [2.45, 2.75) is 6.54 Å². The van der Waals surface area contributed by atoms with Crippen LogP contribution in [0.1, 0.15) is 5.69 Å². The molecule has 0 unspecified atom stereocenters. The fourth-order valence-corrected chi connectivity index (χ4v) is 0.866. The van der Waals surface area contributed by atoms with Gasteiger partial charge in [0.2, 0.25) is 0 Å². The first-order valence-corrected chi connectivity index (χ1v) is 3.36. The van der Waals surface area contributed by atoms with Crippen LogP contribution in [0.5, 0.6) is 0 Å². The van der Waals surface area contributed by atoms with E-state index in [9.17, 15) is 0 Å². The molecular weight excluding hydrogens is 184 g/mol. The lowest BCUT2D eigenvalue weighted by atomic mass is 10.5. The topological polar surface area (TPSA) is 38.1 Å². The standard InChI is InChI=1S/C5H7BrN2O/c1-7-2-4-3-9-5(6)8-4/h3,7H,2H2,1H3. The summed E-state index contributed by atoms with van der Waals surface area (Å²) in [5, 5.41) is 2.95. The van der Waals surface area contributed by atoms with E-state index in [4.69, 9.17) is 4.42 Å². The number of nitrogens with one attached hydrogen (secondary N) is 1. The molecule has 0 saturated heterocycles. The molecule has 0 spiro atoms. The van der Waals surface area contributed by atoms with E-state index in [1.165, 1.54) is 0 Å². The molecule has 0 radical (unpaired) electrons. The summed E-state index contributed by atoms with van der Waals surface area (Å²) in [7, 11) is 1.86. The molecule has 0 bridgehead atoms. The average Bonchev–Trinajstić information content (AvgIpc) is 2.17. The van der Waals surface area contributed by atoms with Crippen LogP contribution in [-0.4, -0.2) is 12.0 Å². The maximum Gasteiger partial charge on any atom is 0.264 e. The van der Waals surface area contributed by atoms with Crippen molar-refractivity contribution in [1.82, 2.24) is 10.3 Å². The number of oxazole rings is 1. The zero-order chi connectivity index (χ0) is 6.69. The SMILES string of the molecule is CNCc1coc(Br)n1. The minimum absolute atomic E-state index is 0.535. The van der Waals surface area contributed by atoms with Gasteiger partial charge in [0.15, 0.2) is 0 Å². The highest BCUT2D eigenvalue weighted by atomic mass is 79.9. The third-order valence-corrected chi connectivity index (χ3v) is 1.25. The zero-order valence-electron chi connectivity index (χ0n) is 5.02. The number of rotatable bonds is 2. The molecule has 0 saturated carbocycles. The molecule has 9 heavy (non-hydrogen) atoms. The van der Waals surface area contributed by atoms with Gasteiger partial charge in [-0.15, -0.1) is 0 Å². The Labute approximate surface area is 61.6 Å². The second-order valence-corrected chi connectivity index (χ2v) is 2.30. The van der Waals surface area contributed by atoms with Crippen molar-refractivity contribution >= 4 is 15.9 Å². The summed E-state index contributed by atoms with van der Waals surface area (Å²) in [5.41, 5.74) is 0.907. The predicted molar refractivity (Wildman–Crippen MR) is 37.0 cm³/mol. The van der Waals surface area contributed by atoms with Crippen molar-refractivity contribution in [3.05, 3.63) is 16.8 Å². The molecule has 0 aromatic carbocycles. The fourth-order valence-electron chi connectivity index (χ4n) is 0.545. The van der Waals surface area contributed by atoms with Crippen molar-refractivity contribution in [2.75, 3.05) is 7.05 Å². The molecule has 1 rings (SSSR count). The van der Waals surface area contributed by atoms with Crippen LogP contribution >= 0.6 is 15.9 Å². The molecule has 1 aromatic heterocycles.